The summed E-state index contributed by atoms with van der Waals surface area (Å²) in [6.45, 7) is 9.37. The molecule has 3 atom stereocenters. The fourth-order valence-corrected chi connectivity index (χ4v) is 5.24. The van der Waals surface area contributed by atoms with E-state index >= 15 is 0 Å². The Hall–Kier alpha value is -2.63. The van der Waals surface area contributed by atoms with E-state index in [0.717, 1.165) is 31.5 Å². The maximum Gasteiger partial charge on any atom is 0.410 e. The summed E-state index contributed by atoms with van der Waals surface area (Å²) in [6.07, 6.45) is 2.16. The SMILES string of the molecule is CC(C)(C)OC(=O)N1CCN(C(=O)Cc2cccc(C#N)c2)[C@H]2C1COC[C@@H]2N1CCCC1. The summed E-state index contributed by atoms with van der Waals surface area (Å²) < 4.78 is 11.7. The lowest BCUT2D eigenvalue weighted by atomic mass is 9.91. The average Bonchev–Trinajstić information content (AvgIpc) is 3.31. The molecule has 0 aliphatic carbocycles. The number of amides is 2. The fourth-order valence-electron chi connectivity index (χ4n) is 5.24. The summed E-state index contributed by atoms with van der Waals surface area (Å²) >= 11 is 0. The van der Waals surface area contributed by atoms with Crippen LogP contribution >= 0.6 is 0 Å². The van der Waals surface area contributed by atoms with Crippen molar-refractivity contribution < 1.29 is 19.1 Å². The highest BCUT2D eigenvalue weighted by atomic mass is 16.6. The van der Waals surface area contributed by atoms with Gasteiger partial charge in [0.25, 0.3) is 0 Å². The molecule has 3 saturated heterocycles. The summed E-state index contributed by atoms with van der Waals surface area (Å²) in [5.74, 6) is 0.0232. The lowest BCUT2D eigenvalue weighted by Crippen LogP contribution is -2.72. The molecular weight excluding hydrogens is 420 g/mol. The number of hydrogen-bond acceptors (Lipinski definition) is 6. The Morgan fingerprint density at radius 2 is 1.79 bits per heavy atom. The van der Waals surface area contributed by atoms with Gasteiger partial charge in [0.15, 0.2) is 0 Å². The van der Waals surface area contributed by atoms with Crippen LogP contribution in [0.15, 0.2) is 24.3 Å². The van der Waals surface area contributed by atoms with Crippen molar-refractivity contribution >= 4 is 12.0 Å². The van der Waals surface area contributed by atoms with Crippen LogP contribution in [0, 0.1) is 11.3 Å². The second kappa shape index (κ2) is 9.70. The second-order valence-electron chi connectivity index (χ2n) is 10.2. The summed E-state index contributed by atoms with van der Waals surface area (Å²) in [7, 11) is 0. The first-order valence-electron chi connectivity index (χ1n) is 11.9. The zero-order chi connectivity index (χ0) is 23.6. The number of carbonyl (C=O) groups excluding carboxylic acids is 2. The Balaban J connectivity index is 1.59. The quantitative estimate of drug-likeness (QED) is 0.697. The zero-order valence-electron chi connectivity index (χ0n) is 19.8. The molecule has 1 unspecified atom stereocenters. The number of rotatable bonds is 3. The lowest BCUT2D eigenvalue weighted by Gasteiger charge is -2.54. The van der Waals surface area contributed by atoms with Gasteiger partial charge in [-0.05, 0) is 64.4 Å². The smallest absolute Gasteiger partial charge is 0.410 e. The van der Waals surface area contributed by atoms with Crippen LogP contribution in [-0.2, 0) is 20.7 Å². The van der Waals surface area contributed by atoms with Crippen molar-refractivity contribution in [2.75, 3.05) is 39.4 Å². The van der Waals surface area contributed by atoms with Gasteiger partial charge < -0.3 is 14.4 Å². The summed E-state index contributed by atoms with van der Waals surface area (Å²) in [5.41, 5.74) is 0.790. The number of nitrogens with zero attached hydrogens (tertiary/aromatic N) is 4. The molecule has 2 amide bonds. The molecule has 1 aromatic carbocycles. The molecule has 8 nitrogen and oxygen atoms in total. The van der Waals surface area contributed by atoms with Gasteiger partial charge in [0.1, 0.15) is 5.60 Å². The van der Waals surface area contributed by atoms with E-state index in [9.17, 15) is 14.9 Å². The van der Waals surface area contributed by atoms with Crippen LogP contribution in [0.4, 0.5) is 4.79 Å². The van der Waals surface area contributed by atoms with Gasteiger partial charge in [0, 0.05) is 13.1 Å². The number of hydrogen-bond donors (Lipinski definition) is 0. The van der Waals surface area contributed by atoms with Crippen LogP contribution in [0.1, 0.15) is 44.7 Å². The first-order valence-corrected chi connectivity index (χ1v) is 11.9. The molecule has 0 bridgehead atoms. The van der Waals surface area contributed by atoms with Crippen molar-refractivity contribution in [1.82, 2.24) is 14.7 Å². The zero-order valence-corrected chi connectivity index (χ0v) is 19.8. The van der Waals surface area contributed by atoms with Gasteiger partial charge in [0.2, 0.25) is 5.91 Å². The number of carbonyl (C=O) groups is 2. The van der Waals surface area contributed by atoms with Gasteiger partial charge in [0.05, 0.1) is 49.4 Å². The molecule has 0 saturated carbocycles. The monoisotopic (exact) mass is 454 g/mol. The predicted octanol–water partition coefficient (Wildman–Crippen LogP) is 2.41. The van der Waals surface area contributed by atoms with Crippen molar-refractivity contribution in [3.8, 4) is 6.07 Å². The maximum atomic E-state index is 13.5. The Morgan fingerprint density at radius 1 is 1.09 bits per heavy atom. The van der Waals surface area contributed by atoms with Crippen molar-refractivity contribution in [3.05, 3.63) is 35.4 Å². The molecule has 0 N–H and O–H groups in total. The standard InChI is InChI=1S/C25H34N4O4/c1-25(2,3)33-24(31)28-11-12-29(22(30)14-18-7-6-8-19(13-18)15-26)23-20(16-32-17-21(23)28)27-9-4-5-10-27/h6-8,13,20-21,23H,4-5,9-12,14,16-17H2,1-3H3/t20-,21?,23+/m0/s1. The molecule has 3 aliphatic rings. The first-order chi connectivity index (χ1) is 15.8. The molecule has 178 valence electrons. The number of ether oxygens (including phenoxy) is 2. The number of likely N-dealkylation sites (tertiary alicyclic amines) is 1. The van der Waals surface area contributed by atoms with E-state index in [4.69, 9.17) is 9.47 Å². The van der Waals surface area contributed by atoms with E-state index in [0.29, 0.717) is 31.9 Å². The first kappa shape index (κ1) is 23.5. The molecule has 0 spiro atoms. The minimum absolute atomic E-state index is 0.0232. The van der Waals surface area contributed by atoms with Gasteiger partial charge in [-0.25, -0.2) is 4.79 Å². The highest BCUT2D eigenvalue weighted by Crippen LogP contribution is 2.31. The summed E-state index contributed by atoms with van der Waals surface area (Å²) in [5, 5.41) is 9.20. The predicted molar refractivity (Wildman–Crippen MR) is 123 cm³/mol. The van der Waals surface area contributed by atoms with Crippen LogP contribution in [0.2, 0.25) is 0 Å². The minimum atomic E-state index is -0.588. The van der Waals surface area contributed by atoms with Crippen LogP contribution in [0.3, 0.4) is 0 Å². The van der Waals surface area contributed by atoms with Gasteiger partial charge in [-0.1, -0.05) is 12.1 Å². The Labute approximate surface area is 196 Å². The topological polar surface area (TPSA) is 86.1 Å². The van der Waals surface area contributed by atoms with E-state index in [-0.39, 0.29) is 36.5 Å². The van der Waals surface area contributed by atoms with Gasteiger partial charge in [-0.2, -0.15) is 5.26 Å². The van der Waals surface area contributed by atoms with E-state index < -0.39 is 5.60 Å². The third-order valence-corrected chi connectivity index (χ3v) is 6.68. The molecule has 3 heterocycles. The average molecular weight is 455 g/mol. The lowest BCUT2D eigenvalue weighted by molar-refractivity contribution is -0.151. The third kappa shape index (κ3) is 5.31. The highest BCUT2D eigenvalue weighted by molar-refractivity contribution is 5.80. The summed E-state index contributed by atoms with van der Waals surface area (Å²) in [6, 6.07) is 9.00. The minimum Gasteiger partial charge on any atom is -0.444 e. The van der Waals surface area contributed by atoms with Crippen molar-refractivity contribution in [1.29, 1.82) is 5.26 Å². The van der Waals surface area contributed by atoms with Gasteiger partial charge >= 0.3 is 6.09 Å². The van der Waals surface area contributed by atoms with E-state index in [1.165, 1.54) is 0 Å². The van der Waals surface area contributed by atoms with Crippen LogP contribution in [-0.4, -0.2) is 89.8 Å². The van der Waals surface area contributed by atoms with Crippen molar-refractivity contribution in [2.24, 2.45) is 0 Å². The molecule has 1 aromatic rings. The fraction of sp³-hybridized carbons (Fsp3) is 0.640. The normalized spacial score (nSPS) is 25.9. The van der Waals surface area contributed by atoms with E-state index in [1.807, 2.05) is 37.8 Å². The number of benzene rings is 1. The summed E-state index contributed by atoms with van der Waals surface area (Å²) in [4.78, 5) is 32.7. The molecule has 3 aliphatic heterocycles. The Kier molecular flexibility index (Phi) is 6.91. The molecule has 0 aromatic heterocycles. The van der Waals surface area contributed by atoms with Crippen LogP contribution < -0.4 is 0 Å². The third-order valence-electron chi connectivity index (χ3n) is 6.68. The molecule has 4 rings (SSSR count). The molecule has 0 radical (unpaired) electrons. The molecule has 8 heteroatoms. The molecular formula is C25H34N4O4. The Bertz CT molecular complexity index is 916. The number of piperazine rings is 1. The Morgan fingerprint density at radius 3 is 2.48 bits per heavy atom. The van der Waals surface area contributed by atoms with Crippen LogP contribution in [0.25, 0.3) is 0 Å². The second-order valence-corrected chi connectivity index (χ2v) is 10.2. The number of nitriles is 1. The molecule has 33 heavy (non-hydrogen) atoms. The van der Waals surface area contributed by atoms with Gasteiger partial charge in [-0.3, -0.25) is 14.6 Å². The van der Waals surface area contributed by atoms with Gasteiger partial charge in [-0.15, -0.1) is 0 Å². The number of fused-ring (bicyclic) bond motifs is 1. The van der Waals surface area contributed by atoms with Crippen LogP contribution in [0.5, 0.6) is 0 Å². The highest BCUT2D eigenvalue weighted by Gasteiger charge is 2.49. The maximum absolute atomic E-state index is 13.5. The van der Waals surface area contributed by atoms with E-state index in [2.05, 4.69) is 11.0 Å². The van der Waals surface area contributed by atoms with E-state index in [1.54, 1.807) is 17.0 Å². The van der Waals surface area contributed by atoms with Crippen molar-refractivity contribution in [3.63, 3.8) is 0 Å². The molecule has 3 fully saturated rings. The largest absolute Gasteiger partial charge is 0.444 e. The van der Waals surface area contributed by atoms with Crippen molar-refractivity contribution in [2.45, 2.75) is 63.8 Å².